The summed E-state index contributed by atoms with van der Waals surface area (Å²) < 4.78 is 5.57. The van der Waals surface area contributed by atoms with Crippen LogP contribution in [0.4, 0.5) is 5.82 Å². The highest BCUT2D eigenvalue weighted by Crippen LogP contribution is 2.20. The number of nitrogens with zero attached hydrogens (tertiary/aromatic N) is 5. The number of carbonyl (C=O) groups is 1. The zero-order valence-electron chi connectivity index (χ0n) is 18.1. The Bertz CT molecular complexity index is 1080. The predicted octanol–water partition coefficient (Wildman–Crippen LogP) is 3.31. The van der Waals surface area contributed by atoms with Crippen molar-refractivity contribution in [1.29, 1.82) is 5.26 Å². The molecule has 0 aliphatic carbocycles. The summed E-state index contributed by atoms with van der Waals surface area (Å²) >= 11 is 0. The summed E-state index contributed by atoms with van der Waals surface area (Å²) in [6, 6.07) is 21.2. The summed E-state index contributed by atoms with van der Waals surface area (Å²) in [5, 5.41) is 17.6. The molecule has 0 N–H and O–H groups in total. The predicted molar refractivity (Wildman–Crippen MR) is 122 cm³/mol. The molecule has 0 saturated carbocycles. The van der Waals surface area contributed by atoms with Crippen LogP contribution in [0.25, 0.3) is 11.3 Å². The van der Waals surface area contributed by atoms with Crippen molar-refractivity contribution in [2.24, 2.45) is 0 Å². The van der Waals surface area contributed by atoms with Crippen molar-refractivity contribution in [3.8, 4) is 23.1 Å². The van der Waals surface area contributed by atoms with Gasteiger partial charge in [-0.25, -0.2) is 0 Å². The fourth-order valence-corrected chi connectivity index (χ4v) is 3.61. The van der Waals surface area contributed by atoms with Crippen LogP contribution in [-0.4, -0.2) is 53.8 Å². The van der Waals surface area contributed by atoms with Gasteiger partial charge in [-0.2, -0.15) is 5.26 Å². The minimum atomic E-state index is -0.0500. The van der Waals surface area contributed by atoms with Gasteiger partial charge >= 0.3 is 0 Å². The van der Waals surface area contributed by atoms with Gasteiger partial charge in [0.15, 0.2) is 12.4 Å². The molecule has 2 aromatic carbocycles. The van der Waals surface area contributed by atoms with Crippen molar-refractivity contribution < 1.29 is 9.53 Å². The van der Waals surface area contributed by atoms with Crippen LogP contribution in [0.3, 0.4) is 0 Å². The average molecular weight is 428 g/mol. The summed E-state index contributed by atoms with van der Waals surface area (Å²) in [4.78, 5) is 16.4. The van der Waals surface area contributed by atoms with Gasteiger partial charge in [0, 0.05) is 31.7 Å². The smallest absolute Gasteiger partial charge is 0.260 e. The largest absolute Gasteiger partial charge is 0.484 e. The molecule has 1 saturated heterocycles. The molecule has 32 heavy (non-hydrogen) atoms. The van der Waals surface area contributed by atoms with E-state index in [1.54, 1.807) is 29.2 Å². The van der Waals surface area contributed by atoms with Crippen LogP contribution in [0.2, 0.25) is 0 Å². The van der Waals surface area contributed by atoms with Gasteiger partial charge in [0.2, 0.25) is 0 Å². The van der Waals surface area contributed by atoms with E-state index in [4.69, 9.17) is 10.00 Å². The Kier molecular flexibility index (Phi) is 6.61. The number of aromatic nitrogens is 2. The van der Waals surface area contributed by atoms with Gasteiger partial charge in [-0.05, 0) is 48.4 Å². The molecule has 1 amide bonds. The second kappa shape index (κ2) is 9.92. The number of ether oxygens (including phenoxy) is 1. The standard InChI is InChI=1S/C25H25N5O2/c1-2-19-3-7-21(8-4-19)23-11-12-24(28-27-23)29-13-15-30(16-14-29)25(31)18-32-22-9-5-20(17-26)6-10-22/h3-12H,2,13-16,18H2,1H3. The Balaban J connectivity index is 1.28. The van der Waals surface area contributed by atoms with Crippen LogP contribution in [0.15, 0.2) is 60.7 Å². The first-order valence-corrected chi connectivity index (χ1v) is 10.7. The summed E-state index contributed by atoms with van der Waals surface area (Å²) in [6.45, 7) is 4.73. The Morgan fingerprint density at radius 3 is 2.28 bits per heavy atom. The number of anilines is 1. The highest BCUT2D eigenvalue weighted by atomic mass is 16.5. The lowest BCUT2D eigenvalue weighted by atomic mass is 10.1. The van der Waals surface area contributed by atoms with Crippen LogP contribution in [-0.2, 0) is 11.2 Å². The van der Waals surface area contributed by atoms with Gasteiger partial charge in [0.25, 0.3) is 5.91 Å². The number of hydrogen-bond acceptors (Lipinski definition) is 6. The zero-order valence-corrected chi connectivity index (χ0v) is 18.1. The molecule has 4 rings (SSSR count). The van der Waals surface area contributed by atoms with Crippen molar-refractivity contribution in [1.82, 2.24) is 15.1 Å². The SMILES string of the molecule is CCc1ccc(-c2ccc(N3CCN(C(=O)COc4ccc(C#N)cc4)CC3)nn2)cc1. The zero-order chi connectivity index (χ0) is 22.3. The number of aryl methyl sites for hydroxylation is 1. The van der Waals surface area contributed by atoms with Crippen molar-refractivity contribution >= 4 is 11.7 Å². The van der Waals surface area contributed by atoms with E-state index in [-0.39, 0.29) is 12.5 Å². The van der Waals surface area contributed by atoms with E-state index >= 15 is 0 Å². The normalized spacial score (nSPS) is 13.5. The molecule has 7 heteroatoms. The Hall–Kier alpha value is -3.92. The second-order valence-corrected chi connectivity index (χ2v) is 7.62. The fraction of sp³-hybridized carbons (Fsp3) is 0.280. The summed E-state index contributed by atoms with van der Waals surface area (Å²) in [6.07, 6.45) is 1.01. The Morgan fingerprint density at radius 2 is 1.69 bits per heavy atom. The van der Waals surface area contributed by atoms with E-state index in [9.17, 15) is 4.79 Å². The molecule has 1 aliphatic heterocycles. The Morgan fingerprint density at radius 1 is 0.969 bits per heavy atom. The molecule has 0 bridgehead atoms. The van der Waals surface area contributed by atoms with Crippen LogP contribution >= 0.6 is 0 Å². The van der Waals surface area contributed by atoms with E-state index < -0.39 is 0 Å². The van der Waals surface area contributed by atoms with Crippen molar-refractivity contribution in [2.45, 2.75) is 13.3 Å². The highest BCUT2D eigenvalue weighted by molar-refractivity contribution is 5.78. The third-order valence-electron chi connectivity index (χ3n) is 5.61. The maximum Gasteiger partial charge on any atom is 0.260 e. The first-order valence-electron chi connectivity index (χ1n) is 10.7. The van der Waals surface area contributed by atoms with Crippen molar-refractivity contribution in [2.75, 3.05) is 37.7 Å². The molecule has 1 aliphatic rings. The van der Waals surface area contributed by atoms with Gasteiger partial charge in [-0.1, -0.05) is 31.2 Å². The molecule has 0 spiro atoms. The number of amides is 1. The number of hydrogen-bond donors (Lipinski definition) is 0. The molecule has 162 valence electrons. The second-order valence-electron chi connectivity index (χ2n) is 7.62. The van der Waals surface area contributed by atoms with Crippen molar-refractivity contribution in [3.05, 3.63) is 71.8 Å². The molecule has 0 unspecified atom stereocenters. The minimum absolute atomic E-state index is 0.0166. The van der Waals surface area contributed by atoms with Gasteiger partial charge in [-0.3, -0.25) is 4.79 Å². The number of rotatable bonds is 6. The van der Waals surface area contributed by atoms with E-state index in [0.717, 1.165) is 23.5 Å². The third kappa shape index (κ3) is 5.03. The van der Waals surface area contributed by atoms with Gasteiger partial charge in [0.1, 0.15) is 5.75 Å². The topological polar surface area (TPSA) is 82.4 Å². The molecule has 1 aromatic heterocycles. The number of nitriles is 1. The quantitative estimate of drug-likeness (QED) is 0.600. The molecular weight excluding hydrogens is 402 g/mol. The lowest BCUT2D eigenvalue weighted by Gasteiger charge is -2.35. The summed E-state index contributed by atoms with van der Waals surface area (Å²) in [5.74, 6) is 1.35. The molecular formula is C25H25N5O2. The molecule has 3 aromatic rings. The molecule has 0 radical (unpaired) electrons. The van der Waals surface area contributed by atoms with Crippen molar-refractivity contribution in [3.63, 3.8) is 0 Å². The van der Waals surface area contributed by atoms with Gasteiger partial charge in [-0.15, -0.1) is 10.2 Å². The monoisotopic (exact) mass is 427 g/mol. The van der Waals surface area contributed by atoms with E-state index in [0.29, 0.717) is 37.5 Å². The maximum absolute atomic E-state index is 12.5. The number of piperazine rings is 1. The fourth-order valence-electron chi connectivity index (χ4n) is 3.61. The first kappa shape index (κ1) is 21.3. The summed E-state index contributed by atoms with van der Waals surface area (Å²) in [5.41, 5.74) is 3.77. The average Bonchev–Trinajstić information content (AvgIpc) is 2.88. The lowest BCUT2D eigenvalue weighted by Crippen LogP contribution is -2.50. The van der Waals surface area contributed by atoms with Crippen LogP contribution < -0.4 is 9.64 Å². The Labute approximate surface area is 187 Å². The lowest BCUT2D eigenvalue weighted by molar-refractivity contribution is -0.133. The molecule has 1 fully saturated rings. The maximum atomic E-state index is 12.5. The van der Waals surface area contributed by atoms with Gasteiger partial charge in [0.05, 0.1) is 17.3 Å². The van der Waals surface area contributed by atoms with Crippen LogP contribution in [0.5, 0.6) is 5.75 Å². The number of carbonyl (C=O) groups excluding carboxylic acids is 1. The highest BCUT2D eigenvalue weighted by Gasteiger charge is 2.22. The van der Waals surface area contributed by atoms with E-state index in [1.807, 2.05) is 12.1 Å². The minimum Gasteiger partial charge on any atom is -0.484 e. The van der Waals surface area contributed by atoms with Crippen LogP contribution in [0, 0.1) is 11.3 Å². The van der Waals surface area contributed by atoms with E-state index in [2.05, 4.69) is 52.4 Å². The number of benzene rings is 2. The van der Waals surface area contributed by atoms with Gasteiger partial charge < -0.3 is 14.5 Å². The third-order valence-corrected chi connectivity index (χ3v) is 5.61. The summed E-state index contributed by atoms with van der Waals surface area (Å²) in [7, 11) is 0. The van der Waals surface area contributed by atoms with E-state index in [1.165, 1.54) is 5.56 Å². The molecule has 7 nitrogen and oxygen atoms in total. The first-order chi connectivity index (χ1) is 15.7. The molecule has 2 heterocycles. The molecule has 0 atom stereocenters. The van der Waals surface area contributed by atoms with Crippen LogP contribution in [0.1, 0.15) is 18.1 Å².